The van der Waals surface area contributed by atoms with Crippen molar-refractivity contribution < 1.29 is 0 Å². The number of fused-ring (bicyclic) bond motifs is 11. The molecule has 0 aliphatic carbocycles. The molecule has 0 aliphatic heterocycles. The molecule has 288 valence electrons. The lowest BCUT2D eigenvalue weighted by Crippen LogP contribution is -1.91. The summed E-state index contributed by atoms with van der Waals surface area (Å²) in [7, 11) is 0. The van der Waals surface area contributed by atoms with E-state index in [4.69, 9.17) is 0 Å². The zero-order valence-corrected chi connectivity index (χ0v) is 34.1. The number of benzene rings is 12. The molecule has 0 heteroatoms. The van der Waals surface area contributed by atoms with Crippen LogP contribution in [0.3, 0.4) is 0 Å². The lowest BCUT2D eigenvalue weighted by molar-refractivity contribution is 1.57. The Morgan fingerprint density at radius 1 is 0.145 bits per heavy atom. The summed E-state index contributed by atoms with van der Waals surface area (Å²) in [6.07, 6.45) is 0. The first kappa shape index (κ1) is 35.8. The molecule has 0 fully saturated rings. The second-order valence-corrected chi connectivity index (χ2v) is 16.3. The van der Waals surface area contributed by atoms with Crippen molar-refractivity contribution in [3.05, 3.63) is 243 Å². The van der Waals surface area contributed by atoms with Gasteiger partial charge in [-0.05, 0) is 145 Å². The lowest BCUT2D eigenvalue weighted by atomic mass is 9.84. The predicted molar refractivity (Wildman–Crippen MR) is 267 cm³/mol. The molecule has 0 atom stereocenters. The van der Waals surface area contributed by atoms with Crippen LogP contribution in [0.2, 0.25) is 0 Å². The topological polar surface area (TPSA) is 0 Å². The van der Waals surface area contributed by atoms with E-state index < -0.39 is 0 Å². The molecule has 0 nitrogen and oxygen atoms in total. The third kappa shape index (κ3) is 5.99. The van der Waals surface area contributed by atoms with E-state index in [1.165, 1.54) is 121 Å². The van der Waals surface area contributed by atoms with Crippen molar-refractivity contribution in [3.8, 4) is 66.8 Å². The van der Waals surface area contributed by atoms with Crippen molar-refractivity contribution in [3.63, 3.8) is 0 Å². The maximum absolute atomic E-state index is 2.46. The van der Waals surface area contributed by atoms with E-state index in [9.17, 15) is 0 Å². The minimum Gasteiger partial charge on any atom is -0.0622 e. The van der Waals surface area contributed by atoms with Gasteiger partial charge in [0.15, 0.2) is 0 Å². The zero-order valence-electron chi connectivity index (χ0n) is 34.1. The minimum atomic E-state index is 1.21. The fourth-order valence-electron chi connectivity index (χ4n) is 9.97. The van der Waals surface area contributed by atoms with Crippen LogP contribution in [0.1, 0.15) is 0 Å². The molecule has 0 bridgehead atoms. The third-order valence-electron chi connectivity index (χ3n) is 12.8. The Labute approximate surface area is 361 Å². The highest BCUT2D eigenvalue weighted by Gasteiger charge is 2.19. The molecular formula is C62H40. The number of rotatable bonds is 6. The van der Waals surface area contributed by atoms with Crippen molar-refractivity contribution in [1.82, 2.24) is 0 Å². The molecule has 0 aliphatic rings. The Hall–Kier alpha value is -8.06. The average molecular weight is 785 g/mol. The van der Waals surface area contributed by atoms with Gasteiger partial charge in [-0.25, -0.2) is 0 Å². The molecule has 0 heterocycles. The van der Waals surface area contributed by atoms with Gasteiger partial charge in [-0.3, -0.25) is 0 Å². The highest BCUT2D eigenvalue weighted by Crippen LogP contribution is 2.47. The van der Waals surface area contributed by atoms with E-state index in [-0.39, 0.29) is 0 Å². The molecule has 12 rings (SSSR count). The van der Waals surface area contributed by atoms with Crippen LogP contribution in [-0.2, 0) is 0 Å². The van der Waals surface area contributed by atoms with E-state index in [0.29, 0.717) is 0 Å². The maximum atomic E-state index is 2.46. The Morgan fingerprint density at radius 3 is 0.839 bits per heavy atom. The van der Waals surface area contributed by atoms with Crippen LogP contribution in [0.15, 0.2) is 243 Å². The van der Waals surface area contributed by atoms with Gasteiger partial charge in [-0.15, -0.1) is 0 Å². The molecule has 12 aromatic carbocycles. The van der Waals surface area contributed by atoms with Crippen LogP contribution in [0.4, 0.5) is 0 Å². The van der Waals surface area contributed by atoms with Crippen LogP contribution in [0, 0.1) is 0 Å². The van der Waals surface area contributed by atoms with Gasteiger partial charge in [0, 0.05) is 0 Å². The Morgan fingerprint density at radius 2 is 0.435 bits per heavy atom. The molecular weight excluding hydrogens is 745 g/mol. The minimum absolute atomic E-state index is 1.21. The summed E-state index contributed by atoms with van der Waals surface area (Å²) in [6.45, 7) is 0. The van der Waals surface area contributed by atoms with Gasteiger partial charge in [0.05, 0.1) is 0 Å². The van der Waals surface area contributed by atoms with E-state index in [0.717, 1.165) is 0 Å². The summed E-state index contributed by atoms with van der Waals surface area (Å²) < 4.78 is 0. The van der Waals surface area contributed by atoms with Gasteiger partial charge in [0.2, 0.25) is 0 Å². The van der Waals surface area contributed by atoms with Crippen molar-refractivity contribution in [1.29, 1.82) is 0 Å². The Kier molecular flexibility index (Phi) is 8.61. The van der Waals surface area contributed by atoms with Crippen molar-refractivity contribution >= 4 is 53.9 Å². The first-order valence-corrected chi connectivity index (χ1v) is 21.5. The largest absolute Gasteiger partial charge is 0.0622 e. The summed E-state index contributed by atoms with van der Waals surface area (Å²) in [6, 6.07) is 89.3. The van der Waals surface area contributed by atoms with E-state index in [2.05, 4.69) is 243 Å². The molecule has 0 spiro atoms. The summed E-state index contributed by atoms with van der Waals surface area (Å²) >= 11 is 0. The second kappa shape index (κ2) is 14.9. The maximum Gasteiger partial charge on any atom is -0.00137 e. The molecule has 62 heavy (non-hydrogen) atoms. The molecule has 0 amide bonds. The van der Waals surface area contributed by atoms with Crippen molar-refractivity contribution in [2.24, 2.45) is 0 Å². The smallest absolute Gasteiger partial charge is 0.00137 e. The van der Waals surface area contributed by atoms with Gasteiger partial charge < -0.3 is 0 Å². The van der Waals surface area contributed by atoms with Gasteiger partial charge in [0.25, 0.3) is 0 Å². The van der Waals surface area contributed by atoms with Crippen LogP contribution >= 0.6 is 0 Å². The highest BCUT2D eigenvalue weighted by molar-refractivity contribution is 6.39. The number of hydrogen-bond donors (Lipinski definition) is 0. The SMILES string of the molecule is c1ccc(-c2cccc(-c3ccccc3-c3ccc4c5ccccc5c5c6cc(-c7ccccc7-c7cccc(-c8ccccc8)c7)ccc6c6ccccc6c5c4c3)c2)cc1. The second-order valence-electron chi connectivity index (χ2n) is 16.3. The molecule has 0 unspecified atom stereocenters. The Bertz CT molecular complexity index is 3430. The van der Waals surface area contributed by atoms with E-state index >= 15 is 0 Å². The van der Waals surface area contributed by atoms with Gasteiger partial charge in [-0.1, -0.05) is 218 Å². The average Bonchev–Trinajstić information content (AvgIpc) is 3.36. The van der Waals surface area contributed by atoms with Crippen LogP contribution in [-0.4, -0.2) is 0 Å². The van der Waals surface area contributed by atoms with Crippen LogP contribution < -0.4 is 0 Å². The molecule has 0 radical (unpaired) electrons. The summed E-state index contributed by atoms with van der Waals surface area (Å²) in [5, 5.41) is 12.8. The van der Waals surface area contributed by atoms with E-state index in [1.807, 2.05) is 0 Å². The fourth-order valence-corrected chi connectivity index (χ4v) is 9.97. The van der Waals surface area contributed by atoms with Crippen LogP contribution in [0.5, 0.6) is 0 Å². The quantitative estimate of drug-likeness (QED) is 0.147. The summed E-state index contributed by atoms with van der Waals surface area (Å²) in [5.41, 5.74) is 14.6. The first-order valence-electron chi connectivity index (χ1n) is 21.5. The first-order chi connectivity index (χ1) is 30.8. The zero-order chi connectivity index (χ0) is 41.0. The van der Waals surface area contributed by atoms with Crippen molar-refractivity contribution in [2.45, 2.75) is 0 Å². The standard InChI is InChI=1S/C62H40/c1-3-17-41(18-4-1)43-21-15-23-45(37-43)49-25-7-9-27-51(49)47-33-35-55-53-29-11-14-32-58(53)62-60-40-48(34-36-56(60)54-30-12-13-31-57(54)61(62)59(55)39-47)52-28-10-8-26-50(52)46-24-16-22-44(38-46)42-19-5-2-6-20-42/h1-40H. The monoisotopic (exact) mass is 784 g/mol. The predicted octanol–water partition coefficient (Wildman–Crippen LogP) is 17.5. The van der Waals surface area contributed by atoms with Gasteiger partial charge in [-0.2, -0.15) is 0 Å². The molecule has 0 saturated heterocycles. The summed E-state index contributed by atoms with van der Waals surface area (Å²) in [4.78, 5) is 0. The molecule has 0 N–H and O–H groups in total. The normalized spacial score (nSPS) is 11.5. The fraction of sp³-hybridized carbons (Fsp3) is 0. The van der Waals surface area contributed by atoms with Crippen LogP contribution in [0.25, 0.3) is 121 Å². The number of hydrogen-bond acceptors (Lipinski definition) is 0. The molecule has 0 aromatic heterocycles. The third-order valence-corrected chi connectivity index (χ3v) is 12.8. The summed E-state index contributed by atoms with van der Waals surface area (Å²) in [5.74, 6) is 0. The van der Waals surface area contributed by atoms with Gasteiger partial charge in [0.1, 0.15) is 0 Å². The highest BCUT2D eigenvalue weighted by atomic mass is 14.2. The molecule has 0 saturated carbocycles. The molecule has 12 aromatic rings. The van der Waals surface area contributed by atoms with Crippen molar-refractivity contribution in [2.75, 3.05) is 0 Å². The Balaban J connectivity index is 1.10. The lowest BCUT2D eigenvalue weighted by Gasteiger charge is -2.19. The van der Waals surface area contributed by atoms with E-state index in [1.54, 1.807) is 0 Å². The van der Waals surface area contributed by atoms with Gasteiger partial charge >= 0.3 is 0 Å².